The number of unbranched alkanes of at least 4 members (excludes halogenated alkanes) is 2. The zero-order valence-electron chi connectivity index (χ0n) is 12.3. The Balaban J connectivity index is 2.50. The molecular formula is C14H24N2O3S. The van der Waals surface area contributed by atoms with Crippen LogP contribution in [0.3, 0.4) is 0 Å². The highest BCUT2D eigenvalue weighted by Crippen LogP contribution is 2.20. The largest absolute Gasteiger partial charge is 0.598 e. The van der Waals surface area contributed by atoms with Crippen molar-refractivity contribution in [1.82, 2.24) is 9.88 Å². The second-order valence-corrected chi connectivity index (χ2v) is 5.84. The van der Waals surface area contributed by atoms with Crippen molar-refractivity contribution in [2.45, 2.75) is 45.6 Å². The average Bonchev–Trinajstić information content (AvgIpc) is 2.91. The van der Waals surface area contributed by atoms with E-state index in [-0.39, 0.29) is 6.04 Å². The van der Waals surface area contributed by atoms with Crippen molar-refractivity contribution in [3.05, 3.63) is 24.5 Å². The van der Waals surface area contributed by atoms with Gasteiger partial charge >= 0.3 is 0 Å². The molecule has 1 aromatic heterocycles. The molecule has 1 rings (SSSR count). The second-order valence-electron chi connectivity index (χ2n) is 4.50. The van der Waals surface area contributed by atoms with Crippen LogP contribution in [-0.4, -0.2) is 22.1 Å². The van der Waals surface area contributed by atoms with Gasteiger partial charge in [-0.15, -0.1) is 11.3 Å². The summed E-state index contributed by atoms with van der Waals surface area (Å²) in [6.45, 7) is 8.52. The molecule has 114 valence electrons. The van der Waals surface area contributed by atoms with Gasteiger partial charge in [-0.05, 0) is 18.0 Å². The van der Waals surface area contributed by atoms with Crippen molar-refractivity contribution in [3.8, 4) is 5.88 Å². The lowest BCUT2D eigenvalue weighted by Crippen LogP contribution is -2.29. The van der Waals surface area contributed by atoms with E-state index in [1.165, 1.54) is 0 Å². The lowest BCUT2D eigenvalue weighted by molar-refractivity contribution is 0.269. The van der Waals surface area contributed by atoms with Crippen LogP contribution >= 0.6 is 0 Å². The summed E-state index contributed by atoms with van der Waals surface area (Å²) in [4.78, 5) is 0. The zero-order valence-corrected chi connectivity index (χ0v) is 13.1. The Morgan fingerprint density at radius 2 is 2.25 bits per heavy atom. The Morgan fingerprint density at radius 3 is 2.90 bits per heavy atom. The highest BCUT2D eigenvalue weighted by atomic mass is 32.2. The van der Waals surface area contributed by atoms with Crippen molar-refractivity contribution < 1.29 is 13.8 Å². The molecule has 1 heterocycles. The lowest BCUT2D eigenvalue weighted by Gasteiger charge is -2.14. The van der Waals surface area contributed by atoms with Crippen molar-refractivity contribution in [1.29, 1.82) is 0 Å². The van der Waals surface area contributed by atoms with Crippen molar-refractivity contribution >= 4 is 11.4 Å². The minimum atomic E-state index is -1.10. The lowest BCUT2D eigenvalue weighted by atomic mass is 10.2. The highest BCUT2D eigenvalue weighted by Gasteiger charge is 2.19. The molecule has 0 saturated heterocycles. The molecule has 1 unspecified atom stereocenters. The molecule has 0 aliphatic carbocycles. The summed E-state index contributed by atoms with van der Waals surface area (Å²) >= 11 is -1.10. The zero-order chi connectivity index (χ0) is 14.8. The SMILES string of the molecule is C=C[C@H](N[S+]([O-])CCCC)c1cc(OCCCC)no1. The van der Waals surface area contributed by atoms with E-state index in [1.807, 2.05) is 0 Å². The fourth-order valence-electron chi connectivity index (χ4n) is 1.51. The molecule has 0 fully saturated rings. The molecule has 0 aromatic carbocycles. The molecule has 2 atom stereocenters. The summed E-state index contributed by atoms with van der Waals surface area (Å²) in [5, 5.41) is 3.84. The van der Waals surface area contributed by atoms with E-state index in [4.69, 9.17) is 9.26 Å². The average molecular weight is 300 g/mol. The van der Waals surface area contributed by atoms with Crippen LogP contribution in [0, 0.1) is 0 Å². The number of rotatable bonds is 11. The van der Waals surface area contributed by atoms with E-state index in [2.05, 4.69) is 30.3 Å². The van der Waals surface area contributed by atoms with E-state index in [9.17, 15) is 4.55 Å². The number of hydrogen-bond acceptors (Lipinski definition) is 5. The Hall–Kier alpha value is -0.980. The molecule has 1 N–H and O–H groups in total. The molecule has 6 heteroatoms. The first kappa shape index (κ1) is 17.1. The molecule has 0 bridgehead atoms. The minimum Gasteiger partial charge on any atom is -0.598 e. The van der Waals surface area contributed by atoms with E-state index in [0.29, 0.717) is 24.0 Å². The van der Waals surface area contributed by atoms with E-state index in [0.717, 1.165) is 25.7 Å². The Labute approximate surface area is 124 Å². The third kappa shape index (κ3) is 5.98. The number of nitrogens with zero attached hydrogens (tertiary/aromatic N) is 1. The van der Waals surface area contributed by atoms with Crippen LogP contribution in [0.4, 0.5) is 0 Å². The van der Waals surface area contributed by atoms with Gasteiger partial charge in [0.25, 0.3) is 5.88 Å². The minimum absolute atomic E-state index is 0.316. The maximum atomic E-state index is 11.8. The normalized spacial score (nSPS) is 13.9. The van der Waals surface area contributed by atoms with Gasteiger partial charge in [-0.3, -0.25) is 0 Å². The van der Waals surface area contributed by atoms with Crippen molar-refractivity contribution in [2.75, 3.05) is 12.4 Å². The molecule has 1 aromatic rings. The van der Waals surface area contributed by atoms with Crippen LogP contribution < -0.4 is 9.46 Å². The first-order valence-corrected chi connectivity index (χ1v) is 8.39. The van der Waals surface area contributed by atoms with Gasteiger partial charge in [-0.1, -0.05) is 32.8 Å². The number of aromatic nitrogens is 1. The Morgan fingerprint density at radius 1 is 1.50 bits per heavy atom. The van der Waals surface area contributed by atoms with Gasteiger partial charge in [-0.25, -0.2) is 0 Å². The molecule has 0 radical (unpaired) electrons. The van der Waals surface area contributed by atoms with E-state index in [1.54, 1.807) is 12.1 Å². The topological polar surface area (TPSA) is 70.3 Å². The first-order valence-electron chi connectivity index (χ1n) is 7.07. The Kier molecular flexibility index (Phi) is 8.41. The molecule has 5 nitrogen and oxygen atoms in total. The molecule has 0 aliphatic heterocycles. The van der Waals surface area contributed by atoms with Crippen LogP contribution in [0.5, 0.6) is 5.88 Å². The van der Waals surface area contributed by atoms with E-state index >= 15 is 0 Å². The van der Waals surface area contributed by atoms with Crippen molar-refractivity contribution in [3.63, 3.8) is 0 Å². The first-order chi connectivity index (χ1) is 9.71. The predicted octanol–water partition coefficient (Wildman–Crippen LogP) is 3.13. The standard InChI is InChI=1S/C14H24N2O3S/c1-4-7-9-18-14-11-13(19-15-14)12(6-3)16-20(17)10-8-5-2/h6,11-12,16H,3-5,7-10H2,1-2H3/t12-,20?/m0/s1. The van der Waals surface area contributed by atoms with Crippen molar-refractivity contribution in [2.24, 2.45) is 0 Å². The van der Waals surface area contributed by atoms with Gasteiger partial charge in [-0.2, -0.15) is 0 Å². The molecule has 0 aliphatic rings. The van der Waals surface area contributed by atoms with E-state index < -0.39 is 11.4 Å². The van der Waals surface area contributed by atoms with Crippen LogP contribution in [-0.2, 0) is 11.4 Å². The van der Waals surface area contributed by atoms with Crippen LogP contribution in [0.25, 0.3) is 0 Å². The molecule has 20 heavy (non-hydrogen) atoms. The van der Waals surface area contributed by atoms with Gasteiger partial charge in [0, 0.05) is 17.4 Å². The summed E-state index contributed by atoms with van der Waals surface area (Å²) < 4.78 is 25.4. The highest BCUT2D eigenvalue weighted by molar-refractivity contribution is 7.89. The van der Waals surface area contributed by atoms with Gasteiger partial charge in [0.1, 0.15) is 11.8 Å². The smallest absolute Gasteiger partial charge is 0.254 e. The van der Waals surface area contributed by atoms with Gasteiger partial charge in [0.15, 0.2) is 5.76 Å². The summed E-state index contributed by atoms with van der Waals surface area (Å²) in [5.74, 6) is 1.65. The van der Waals surface area contributed by atoms with Crippen LogP contribution in [0.2, 0.25) is 0 Å². The predicted molar refractivity (Wildman–Crippen MR) is 80.9 cm³/mol. The summed E-state index contributed by atoms with van der Waals surface area (Å²) in [6.07, 6.45) is 5.64. The molecular weight excluding hydrogens is 276 g/mol. The fraction of sp³-hybridized carbons (Fsp3) is 0.643. The fourth-order valence-corrected chi connectivity index (χ4v) is 2.67. The number of ether oxygens (including phenoxy) is 1. The van der Waals surface area contributed by atoms with Gasteiger partial charge < -0.3 is 13.8 Å². The summed E-state index contributed by atoms with van der Waals surface area (Å²) in [5.41, 5.74) is 0. The third-order valence-corrected chi connectivity index (χ3v) is 3.91. The Bertz CT molecular complexity index is 384. The maximum absolute atomic E-state index is 11.8. The summed E-state index contributed by atoms with van der Waals surface area (Å²) in [6, 6.07) is 1.40. The number of nitrogens with one attached hydrogen (secondary N) is 1. The number of hydrogen-bond donors (Lipinski definition) is 1. The third-order valence-electron chi connectivity index (χ3n) is 2.74. The quantitative estimate of drug-likeness (QED) is 0.386. The molecule has 0 amide bonds. The second kappa shape index (κ2) is 9.85. The van der Waals surface area contributed by atoms with Gasteiger partial charge in [0.05, 0.1) is 6.61 Å². The molecule has 0 saturated carbocycles. The maximum Gasteiger partial charge on any atom is 0.254 e. The van der Waals surface area contributed by atoms with Gasteiger partial charge in [0.2, 0.25) is 0 Å². The summed E-state index contributed by atoms with van der Waals surface area (Å²) in [7, 11) is 0. The molecule has 0 spiro atoms. The van der Waals surface area contributed by atoms with Crippen LogP contribution in [0.1, 0.15) is 51.3 Å². The van der Waals surface area contributed by atoms with Crippen LogP contribution in [0.15, 0.2) is 23.2 Å². The monoisotopic (exact) mass is 300 g/mol.